The molecule has 200 valence electrons. The predicted octanol–water partition coefficient (Wildman–Crippen LogP) is 5.80. The van der Waals surface area contributed by atoms with Gasteiger partial charge in [-0.3, -0.25) is 4.98 Å². The van der Waals surface area contributed by atoms with E-state index in [0.717, 1.165) is 29.7 Å². The van der Waals surface area contributed by atoms with Crippen LogP contribution in [-0.4, -0.2) is 34.0 Å². The molecule has 0 amide bonds. The van der Waals surface area contributed by atoms with Gasteiger partial charge >= 0.3 is 5.97 Å². The van der Waals surface area contributed by atoms with Crippen LogP contribution in [0.25, 0.3) is 10.9 Å². The van der Waals surface area contributed by atoms with E-state index in [1.807, 2.05) is 24.3 Å². The highest BCUT2D eigenvalue weighted by molar-refractivity contribution is 8.00. The maximum atomic E-state index is 13.8. The van der Waals surface area contributed by atoms with Gasteiger partial charge in [-0.1, -0.05) is 29.8 Å². The third-order valence-corrected chi connectivity index (χ3v) is 8.04. The molecule has 0 saturated heterocycles. The molecule has 0 aliphatic heterocycles. The number of hydrogen-bond acceptors (Lipinski definition) is 8. The number of pyridine rings is 2. The number of aryl methyl sites for hydroxylation is 2. The van der Waals surface area contributed by atoms with E-state index in [1.165, 1.54) is 17.7 Å². The van der Waals surface area contributed by atoms with E-state index in [4.69, 9.17) is 26.9 Å². The average molecular weight is 565 g/mol. The van der Waals surface area contributed by atoms with Gasteiger partial charge in [0.05, 0.1) is 28.1 Å². The topological polar surface area (TPSA) is 99.7 Å². The summed E-state index contributed by atoms with van der Waals surface area (Å²) in [6, 6.07) is 16.5. The number of benzene rings is 2. The van der Waals surface area contributed by atoms with Gasteiger partial charge < -0.3 is 15.3 Å². The van der Waals surface area contributed by atoms with Crippen LogP contribution in [0.3, 0.4) is 0 Å². The molecule has 2 aromatic heterocycles. The minimum Gasteiger partial charge on any atom is -0.487 e. The normalized spacial score (nSPS) is 14.8. The summed E-state index contributed by atoms with van der Waals surface area (Å²) in [5, 5.41) is 4.27. The number of carbonyl (C=O) groups excluding carboxylic acids is 1. The second-order valence-corrected chi connectivity index (χ2v) is 10.4. The van der Waals surface area contributed by atoms with Crippen molar-refractivity contribution in [3.05, 3.63) is 99.7 Å². The van der Waals surface area contributed by atoms with E-state index in [1.54, 1.807) is 30.9 Å². The fourth-order valence-electron chi connectivity index (χ4n) is 4.56. The molecular weight excluding hydrogens is 539 g/mol. The fourth-order valence-corrected chi connectivity index (χ4v) is 6.02. The summed E-state index contributed by atoms with van der Waals surface area (Å²) in [6.45, 7) is 2.22. The van der Waals surface area contributed by atoms with Crippen molar-refractivity contribution in [3.8, 4) is 5.75 Å². The zero-order valence-corrected chi connectivity index (χ0v) is 22.8. The molecule has 1 unspecified atom stereocenters. The van der Waals surface area contributed by atoms with Crippen LogP contribution in [-0.2, 0) is 29.0 Å². The van der Waals surface area contributed by atoms with Crippen molar-refractivity contribution in [2.75, 3.05) is 12.4 Å². The zero-order chi connectivity index (χ0) is 27.4. The molecule has 1 atom stereocenters. The maximum Gasteiger partial charge on any atom is 0.355 e. The van der Waals surface area contributed by atoms with Crippen LogP contribution in [0.15, 0.2) is 65.9 Å². The Hall–Kier alpha value is -3.69. The van der Waals surface area contributed by atoms with Crippen molar-refractivity contribution in [3.63, 3.8) is 0 Å². The van der Waals surface area contributed by atoms with Gasteiger partial charge in [0.25, 0.3) is 0 Å². The molecular formula is C29H26ClFN4O3S. The Morgan fingerprint density at radius 2 is 2.05 bits per heavy atom. The summed E-state index contributed by atoms with van der Waals surface area (Å²) in [4.78, 5) is 21.5. The van der Waals surface area contributed by atoms with Gasteiger partial charge in [-0.15, -0.1) is 11.8 Å². The molecule has 0 spiro atoms. The van der Waals surface area contributed by atoms with Crippen LogP contribution in [0, 0.1) is 5.82 Å². The maximum absolute atomic E-state index is 13.8. The number of rotatable bonds is 8. The predicted molar refractivity (Wildman–Crippen MR) is 152 cm³/mol. The molecule has 7 nitrogen and oxygen atoms in total. The van der Waals surface area contributed by atoms with Crippen molar-refractivity contribution >= 4 is 45.9 Å². The van der Waals surface area contributed by atoms with Crippen LogP contribution in [0.1, 0.15) is 40.3 Å². The third-order valence-electron chi connectivity index (χ3n) is 6.47. The van der Waals surface area contributed by atoms with Crippen LogP contribution in [0.2, 0.25) is 5.02 Å². The molecule has 1 aliphatic rings. The van der Waals surface area contributed by atoms with Crippen molar-refractivity contribution in [2.45, 2.75) is 31.6 Å². The summed E-state index contributed by atoms with van der Waals surface area (Å²) in [5.74, 6) is 5.49. The standard InChI is InChI=1S/C29H26ClFN4O3S/c1-2-37-29(36)27(35-32)16-39-28-21-4-3-11-33-25(21)10-7-17-6-9-20(13-22(17)28)38-15-19-8-5-18-12-24(31)23(30)14-26(18)34-19/h3-6,8-9,11-14,28H,2,7,10,15-16,32H2,1H3. The summed E-state index contributed by atoms with van der Waals surface area (Å²) in [5.41, 5.74) is 5.83. The molecule has 2 heterocycles. The Kier molecular flexibility index (Phi) is 8.28. The van der Waals surface area contributed by atoms with E-state index in [0.29, 0.717) is 22.3 Å². The number of fused-ring (bicyclic) bond motifs is 3. The van der Waals surface area contributed by atoms with Crippen LogP contribution in [0.5, 0.6) is 5.75 Å². The lowest BCUT2D eigenvalue weighted by molar-refractivity contribution is -0.135. The highest BCUT2D eigenvalue weighted by atomic mass is 35.5. The quantitative estimate of drug-likeness (QED) is 0.125. The van der Waals surface area contributed by atoms with E-state index in [2.05, 4.69) is 27.2 Å². The number of carbonyl (C=O) groups is 1. The summed E-state index contributed by atoms with van der Waals surface area (Å²) in [7, 11) is 0. The molecule has 0 fully saturated rings. The number of aromatic nitrogens is 2. The molecule has 0 radical (unpaired) electrons. The Bertz CT molecular complexity index is 1570. The van der Waals surface area contributed by atoms with Gasteiger partial charge in [-0.2, -0.15) is 5.10 Å². The molecule has 5 rings (SSSR count). The minimum atomic E-state index is -0.517. The van der Waals surface area contributed by atoms with Crippen LogP contribution >= 0.6 is 23.4 Å². The van der Waals surface area contributed by atoms with Crippen LogP contribution in [0.4, 0.5) is 4.39 Å². The first kappa shape index (κ1) is 26.9. The van der Waals surface area contributed by atoms with E-state index >= 15 is 0 Å². The van der Waals surface area contributed by atoms with E-state index < -0.39 is 11.8 Å². The molecule has 0 bridgehead atoms. The molecule has 2 N–H and O–H groups in total. The largest absolute Gasteiger partial charge is 0.487 e. The first-order valence-electron chi connectivity index (χ1n) is 12.5. The van der Waals surface area contributed by atoms with Gasteiger partial charge in [0.1, 0.15) is 18.2 Å². The smallest absolute Gasteiger partial charge is 0.355 e. The van der Waals surface area contributed by atoms with E-state index in [-0.39, 0.29) is 35.0 Å². The summed E-state index contributed by atoms with van der Waals surface area (Å²) in [6.07, 6.45) is 3.44. The number of thioether (sulfide) groups is 1. The van der Waals surface area contributed by atoms with Crippen molar-refractivity contribution < 1.29 is 18.7 Å². The molecule has 4 aromatic rings. The third kappa shape index (κ3) is 5.99. The fraction of sp³-hybridized carbons (Fsp3) is 0.241. The number of ether oxygens (including phenoxy) is 2. The first-order valence-corrected chi connectivity index (χ1v) is 13.9. The highest BCUT2D eigenvalue weighted by Gasteiger charge is 2.27. The number of hydrogen-bond donors (Lipinski definition) is 1. The number of esters is 1. The molecule has 1 aliphatic carbocycles. The Balaban J connectivity index is 1.41. The van der Waals surface area contributed by atoms with Crippen LogP contribution < -0.4 is 10.6 Å². The number of halogens is 2. The molecule has 39 heavy (non-hydrogen) atoms. The first-order chi connectivity index (χ1) is 19.0. The van der Waals surface area contributed by atoms with Crippen molar-refractivity contribution in [1.29, 1.82) is 0 Å². The van der Waals surface area contributed by atoms with E-state index in [9.17, 15) is 9.18 Å². The minimum absolute atomic E-state index is 0.0305. The summed E-state index contributed by atoms with van der Waals surface area (Å²) >= 11 is 7.49. The number of hydrazone groups is 1. The Labute approximate surface area is 234 Å². The Morgan fingerprint density at radius 1 is 1.18 bits per heavy atom. The van der Waals surface area contributed by atoms with Gasteiger partial charge in [-0.25, -0.2) is 14.2 Å². The Morgan fingerprint density at radius 3 is 2.87 bits per heavy atom. The van der Waals surface area contributed by atoms with Gasteiger partial charge in [0.2, 0.25) is 0 Å². The van der Waals surface area contributed by atoms with Crippen molar-refractivity contribution in [1.82, 2.24) is 9.97 Å². The monoisotopic (exact) mass is 564 g/mol. The van der Waals surface area contributed by atoms with Gasteiger partial charge in [-0.05, 0) is 72.9 Å². The number of nitrogens with two attached hydrogens (primary N) is 1. The second-order valence-electron chi connectivity index (χ2n) is 8.94. The highest BCUT2D eigenvalue weighted by Crippen LogP contribution is 2.42. The summed E-state index contributed by atoms with van der Waals surface area (Å²) < 4.78 is 25.0. The molecule has 0 saturated carbocycles. The lowest BCUT2D eigenvalue weighted by Gasteiger charge is -2.20. The SMILES string of the molecule is CCOC(=O)C(CSC1c2cc(OCc3ccc4cc(F)c(Cl)cc4n3)ccc2CCc2ncccc21)=NN. The second kappa shape index (κ2) is 12.0. The molecule has 10 heteroatoms. The van der Waals surface area contributed by atoms with Crippen molar-refractivity contribution in [2.24, 2.45) is 10.9 Å². The lowest BCUT2D eigenvalue weighted by Crippen LogP contribution is -2.22. The average Bonchev–Trinajstić information content (AvgIpc) is 3.09. The lowest BCUT2D eigenvalue weighted by atomic mass is 10.0. The van der Waals surface area contributed by atoms with Gasteiger partial charge in [0, 0.05) is 23.0 Å². The zero-order valence-electron chi connectivity index (χ0n) is 21.2. The number of nitrogens with zero attached hydrogens (tertiary/aromatic N) is 3. The molecule has 2 aromatic carbocycles. The van der Waals surface area contributed by atoms with Gasteiger partial charge in [0.15, 0.2) is 5.71 Å².